The van der Waals surface area contributed by atoms with Gasteiger partial charge in [0.1, 0.15) is 0 Å². The van der Waals surface area contributed by atoms with Crippen molar-refractivity contribution in [2.75, 3.05) is 25.2 Å². The molecule has 98 valence electrons. The van der Waals surface area contributed by atoms with E-state index in [1.165, 1.54) is 0 Å². The molecule has 17 heavy (non-hydrogen) atoms. The molecule has 0 spiro atoms. The van der Waals surface area contributed by atoms with E-state index in [2.05, 4.69) is 10.4 Å². The number of nitrogens with one attached hydrogen (secondary N) is 1. The van der Waals surface area contributed by atoms with Crippen molar-refractivity contribution in [2.45, 2.75) is 20.4 Å². The van der Waals surface area contributed by atoms with Crippen molar-refractivity contribution in [2.24, 2.45) is 7.05 Å². The maximum atomic E-state index is 11.2. The van der Waals surface area contributed by atoms with Crippen LogP contribution in [-0.4, -0.2) is 39.1 Å². The van der Waals surface area contributed by atoms with Crippen LogP contribution in [0.25, 0.3) is 0 Å². The van der Waals surface area contributed by atoms with E-state index >= 15 is 0 Å². The molecule has 0 saturated carbocycles. The molecule has 0 aromatic carbocycles. The summed E-state index contributed by atoms with van der Waals surface area (Å²) in [5, 5.41) is 7.57. The predicted octanol–water partition coefficient (Wildman–Crippen LogP) is 0.595. The Morgan fingerprint density at radius 3 is 2.82 bits per heavy atom. The molecule has 1 aromatic rings. The van der Waals surface area contributed by atoms with Crippen LogP contribution < -0.4 is 10.1 Å². The third-order valence-electron chi connectivity index (χ3n) is 2.61. The first kappa shape index (κ1) is 14.2. The molecular weight excluding hydrogens is 238 g/mol. The first-order valence-corrected chi connectivity index (χ1v) is 7.21. The Balaban J connectivity index is 2.49. The van der Waals surface area contributed by atoms with Gasteiger partial charge in [-0.2, -0.15) is 5.10 Å². The van der Waals surface area contributed by atoms with Gasteiger partial charge in [-0.15, -0.1) is 0 Å². The van der Waals surface area contributed by atoms with Crippen molar-refractivity contribution in [1.29, 1.82) is 0 Å². The van der Waals surface area contributed by atoms with E-state index in [4.69, 9.17) is 4.74 Å². The molecule has 1 heterocycles. The summed E-state index contributed by atoms with van der Waals surface area (Å²) in [7, 11) is 2.80. The molecule has 0 bridgehead atoms. The third-order valence-corrected chi connectivity index (χ3v) is 3.92. The Labute approximate surface area is 105 Å². The topological polar surface area (TPSA) is 56.2 Å². The minimum atomic E-state index is -0.707. The number of aromatic nitrogens is 2. The first-order chi connectivity index (χ1) is 8.10. The van der Waals surface area contributed by atoms with Gasteiger partial charge in [0.05, 0.1) is 18.4 Å². The van der Waals surface area contributed by atoms with Crippen LogP contribution in [0.2, 0.25) is 0 Å². The fourth-order valence-electron chi connectivity index (χ4n) is 1.68. The molecule has 1 unspecified atom stereocenters. The predicted molar refractivity (Wildman–Crippen MR) is 69.8 cm³/mol. The van der Waals surface area contributed by atoms with E-state index in [1.54, 1.807) is 11.8 Å². The van der Waals surface area contributed by atoms with Crippen molar-refractivity contribution in [3.05, 3.63) is 11.3 Å². The average molecular weight is 259 g/mol. The van der Waals surface area contributed by atoms with E-state index in [-0.39, 0.29) is 0 Å². The molecule has 5 nitrogen and oxygen atoms in total. The van der Waals surface area contributed by atoms with Gasteiger partial charge in [0.15, 0.2) is 0 Å². The summed E-state index contributed by atoms with van der Waals surface area (Å²) in [6.07, 6.45) is 0. The molecule has 0 aliphatic rings. The number of rotatable bonds is 7. The van der Waals surface area contributed by atoms with Crippen LogP contribution in [0.15, 0.2) is 0 Å². The van der Waals surface area contributed by atoms with Crippen LogP contribution >= 0.6 is 0 Å². The third kappa shape index (κ3) is 3.81. The van der Waals surface area contributed by atoms with Gasteiger partial charge in [-0.25, -0.2) is 4.68 Å². The fourth-order valence-corrected chi connectivity index (χ4v) is 2.34. The number of hydrogen-bond acceptors (Lipinski definition) is 4. The second kappa shape index (κ2) is 6.76. The van der Waals surface area contributed by atoms with E-state index < -0.39 is 10.8 Å². The number of ether oxygens (including phenoxy) is 1. The lowest BCUT2D eigenvalue weighted by Gasteiger charge is -2.06. The van der Waals surface area contributed by atoms with E-state index in [0.717, 1.165) is 29.4 Å². The van der Waals surface area contributed by atoms with Crippen molar-refractivity contribution in [1.82, 2.24) is 15.1 Å². The summed E-state index contributed by atoms with van der Waals surface area (Å²) in [6, 6.07) is 0. The molecular formula is C11H21N3O2S. The molecule has 0 amide bonds. The van der Waals surface area contributed by atoms with Crippen molar-refractivity contribution in [3.63, 3.8) is 0 Å². The van der Waals surface area contributed by atoms with Crippen LogP contribution in [0, 0.1) is 6.92 Å². The van der Waals surface area contributed by atoms with Crippen molar-refractivity contribution in [3.8, 4) is 5.88 Å². The van der Waals surface area contributed by atoms with Gasteiger partial charge in [-0.1, -0.05) is 6.92 Å². The Hall–Kier alpha value is -0.880. The molecule has 0 radical (unpaired) electrons. The van der Waals surface area contributed by atoms with E-state index in [0.29, 0.717) is 12.3 Å². The Bertz CT molecular complexity index is 390. The van der Waals surface area contributed by atoms with Gasteiger partial charge in [-0.05, 0) is 6.92 Å². The quantitative estimate of drug-likeness (QED) is 0.728. The van der Waals surface area contributed by atoms with Gasteiger partial charge in [-0.3, -0.25) is 4.21 Å². The zero-order valence-corrected chi connectivity index (χ0v) is 11.8. The lowest BCUT2D eigenvalue weighted by atomic mass is 10.2. The normalized spacial score (nSPS) is 12.7. The van der Waals surface area contributed by atoms with Crippen LogP contribution in [0.3, 0.4) is 0 Å². The van der Waals surface area contributed by atoms with Crippen molar-refractivity contribution < 1.29 is 8.95 Å². The summed E-state index contributed by atoms with van der Waals surface area (Å²) < 4.78 is 18.3. The highest BCUT2D eigenvalue weighted by atomic mass is 32.2. The highest BCUT2D eigenvalue weighted by Gasteiger charge is 2.12. The second-order valence-electron chi connectivity index (χ2n) is 3.81. The molecule has 0 fully saturated rings. The molecule has 6 heteroatoms. The largest absolute Gasteiger partial charge is 0.481 e. The SMILES string of the molecule is CCS(=O)CCNCc1c(C)nn(C)c1OC. The lowest BCUT2D eigenvalue weighted by Crippen LogP contribution is -2.21. The highest BCUT2D eigenvalue weighted by molar-refractivity contribution is 7.84. The molecule has 0 aliphatic carbocycles. The summed E-state index contributed by atoms with van der Waals surface area (Å²) in [6.45, 7) is 5.34. The summed E-state index contributed by atoms with van der Waals surface area (Å²) >= 11 is 0. The van der Waals surface area contributed by atoms with Gasteiger partial charge in [0.25, 0.3) is 0 Å². The van der Waals surface area contributed by atoms with Crippen LogP contribution in [-0.2, 0) is 24.4 Å². The van der Waals surface area contributed by atoms with Gasteiger partial charge < -0.3 is 10.1 Å². The summed E-state index contributed by atoms with van der Waals surface area (Å²) in [5.74, 6) is 2.20. The highest BCUT2D eigenvalue weighted by Crippen LogP contribution is 2.20. The maximum absolute atomic E-state index is 11.2. The van der Waals surface area contributed by atoms with Crippen LogP contribution in [0.5, 0.6) is 5.88 Å². The number of methoxy groups -OCH3 is 1. The molecule has 1 atom stereocenters. The maximum Gasteiger partial charge on any atom is 0.216 e. The van der Waals surface area contributed by atoms with Crippen LogP contribution in [0.4, 0.5) is 0 Å². The second-order valence-corrected chi connectivity index (χ2v) is 5.67. The average Bonchev–Trinajstić information content (AvgIpc) is 2.58. The van der Waals surface area contributed by atoms with Crippen LogP contribution in [0.1, 0.15) is 18.2 Å². The summed E-state index contributed by atoms with van der Waals surface area (Å²) in [4.78, 5) is 0. The van der Waals surface area contributed by atoms with Gasteiger partial charge >= 0.3 is 0 Å². The molecule has 0 aliphatic heterocycles. The first-order valence-electron chi connectivity index (χ1n) is 5.72. The Morgan fingerprint density at radius 1 is 1.53 bits per heavy atom. The molecule has 0 saturated heterocycles. The zero-order valence-electron chi connectivity index (χ0n) is 10.9. The Kier molecular flexibility index (Phi) is 5.64. The fraction of sp³-hybridized carbons (Fsp3) is 0.727. The molecule has 1 aromatic heterocycles. The molecule has 1 N–H and O–H groups in total. The Morgan fingerprint density at radius 2 is 2.24 bits per heavy atom. The number of nitrogens with zero attached hydrogens (tertiary/aromatic N) is 2. The molecule has 1 rings (SSSR count). The van der Waals surface area contributed by atoms with E-state index in [1.807, 2.05) is 20.9 Å². The van der Waals surface area contributed by atoms with E-state index in [9.17, 15) is 4.21 Å². The number of aryl methyl sites for hydroxylation is 2. The number of hydrogen-bond donors (Lipinski definition) is 1. The van der Waals surface area contributed by atoms with Crippen molar-refractivity contribution >= 4 is 10.8 Å². The minimum absolute atomic E-state index is 0.693. The lowest BCUT2D eigenvalue weighted by molar-refractivity contribution is 0.368. The minimum Gasteiger partial charge on any atom is -0.481 e. The zero-order chi connectivity index (χ0) is 12.8. The van der Waals surface area contributed by atoms with Gasteiger partial charge in [0.2, 0.25) is 5.88 Å². The summed E-state index contributed by atoms with van der Waals surface area (Å²) in [5.41, 5.74) is 2.03. The smallest absolute Gasteiger partial charge is 0.216 e. The standard InChI is InChI=1S/C11H21N3O2S/c1-5-17(15)7-6-12-8-10-9(2)13-14(3)11(10)16-4/h12H,5-8H2,1-4H3. The van der Waals surface area contributed by atoms with Gasteiger partial charge in [0, 0.05) is 42.4 Å². The monoisotopic (exact) mass is 259 g/mol.